The molecule has 0 N–H and O–H groups in total. The highest BCUT2D eigenvalue weighted by Gasteiger charge is 2.31. The molecule has 0 saturated carbocycles. The molecule has 0 bridgehead atoms. The third-order valence-corrected chi connectivity index (χ3v) is 4.86. The summed E-state index contributed by atoms with van der Waals surface area (Å²) in [5.41, 5.74) is 0. The minimum absolute atomic E-state index is 0.0538. The van der Waals surface area contributed by atoms with Crippen LogP contribution in [0.25, 0.3) is 0 Å². The average Bonchev–Trinajstić information content (AvgIpc) is 2.81. The van der Waals surface area contributed by atoms with E-state index < -0.39 is 0 Å². The van der Waals surface area contributed by atoms with Crippen molar-refractivity contribution >= 4 is 17.7 Å². The van der Waals surface area contributed by atoms with Crippen molar-refractivity contribution in [2.45, 2.75) is 51.2 Å². The van der Waals surface area contributed by atoms with Gasteiger partial charge < -0.3 is 9.32 Å². The second-order valence-corrected chi connectivity index (χ2v) is 6.91. The van der Waals surface area contributed by atoms with Crippen molar-refractivity contribution in [3.63, 3.8) is 0 Å². The van der Waals surface area contributed by atoms with Crippen LogP contribution in [-0.4, -0.2) is 29.6 Å². The lowest BCUT2D eigenvalue weighted by atomic mass is 9.95. The van der Waals surface area contributed by atoms with Gasteiger partial charge in [-0.2, -0.15) is 0 Å². The third-order valence-electron chi connectivity index (χ3n) is 4.24. The number of nitrogens with zero attached hydrogens (tertiary/aromatic N) is 1. The third kappa shape index (κ3) is 3.40. The summed E-state index contributed by atoms with van der Waals surface area (Å²) in [6, 6.07) is 4.01. The molecule has 0 spiro atoms. The van der Waals surface area contributed by atoms with Crippen LogP contribution in [0.15, 0.2) is 21.6 Å². The highest BCUT2D eigenvalue weighted by Crippen LogP contribution is 2.28. The van der Waals surface area contributed by atoms with E-state index in [0.29, 0.717) is 23.6 Å². The Morgan fingerprint density at radius 3 is 2.70 bits per heavy atom. The first-order chi connectivity index (χ1) is 9.52. The van der Waals surface area contributed by atoms with Crippen molar-refractivity contribution in [1.82, 2.24) is 4.90 Å². The molecule has 2 heterocycles. The summed E-state index contributed by atoms with van der Waals surface area (Å²) >= 11 is 1.53. The summed E-state index contributed by atoms with van der Waals surface area (Å²) in [5, 5.41) is 0.803. The van der Waals surface area contributed by atoms with E-state index in [1.54, 1.807) is 6.07 Å². The lowest BCUT2D eigenvalue weighted by Gasteiger charge is -2.32. The minimum atomic E-state index is 0.0538. The van der Waals surface area contributed by atoms with Crippen LogP contribution < -0.4 is 0 Å². The van der Waals surface area contributed by atoms with Crippen LogP contribution in [0, 0.1) is 11.8 Å². The zero-order valence-corrected chi connectivity index (χ0v) is 13.7. The molecular weight excluding hydrogens is 270 g/mol. The maximum absolute atomic E-state index is 12.7. The Bertz CT molecular complexity index is 455. The van der Waals surface area contributed by atoms with Gasteiger partial charge in [0.25, 0.3) is 5.91 Å². The first-order valence-corrected chi connectivity index (χ1v) is 8.70. The molecule has 1 aromatic rings. The van der Waals surface area contributed by atoms with Gasteiger partial charge in [0.1, 0.15) is 0 Å². The summed E-state index contributed by atoms with van der Waals surface area (Å²) in [7, 11) is 0. The van der Waals surface area contributed by atoms with E-state index in [-0.39, 0.29) is 5.91 Å². The van der Waals surface area contributed by atoms with Crippen molar-refractivity contribution < 1.29 is 9.21 Å². The first kappa shape index (κ1) is 15.5. The Labute approximate surface area is 126 Å². The molecule has 2 atom stereocenters. The van der Waals surface area contributed by atoms with Gasteiger partial charge in [0.15, 0.2) is 10.9 Å². The molecule has 20 heavy (non-hydrogen) atoms. The summed E-state index contributed by atoms with van der Waals surface area (Å²) in [6.07, 6.45) is 5.35. The van der Waals surface area contributed by atoms with Gasteiger partial charge in [0.05, 0.1) is 0 Å². The molecule has 112 valence electrons. The summed E-state index contributed by atoms with van der Waals surface area (Å²) < 4.78 is 5.62. The van der Waals surface area contributed by atoms with Crippen LogP contribution in [0.1, 0.15) is 50.6 Å². The molecule has 1 fully saturated rings. The van der Waals surface area contributed by atoms with Crippen LogP contribution in [0.4, 0.5) is 0 Å². The van der Waals surface area contributed by atoms with Crippen molar-refractivity contribution in [2.24, 2.45) is 11.8 Å². The number of rotatable bonds is 3. The second-order valence-electron chi connectivity index (χ2n) is 6.10. The largest absolute Gasteiger partial charge is 0.445 e. The topological polar surface area (TPSA) is 33.5 Å². The zero-order valence-electron chi connectivity index (χ0n) is 12.9. The molecule has 1 saturated heterocycles. The molecule has 1 amide bonds. The van der Waals surface area contributed by atoms with E-state index in [9.17, 15) is 4.79 Å². The van der Waals surface area contributed by atoms with Crippen molar-refractivity contribution in [3.8, 4) is 0 Å². The van der Waals surface area contributed by atoms with Crippen molar-refractivity contribution in [2.75, 3.05) is 12.8 Å². The molecule has 1 aliphatic heterocycles. The number of amides is 1. The van der Waals surface area contributed by atoms with Crippen molar-refractivity contribution in [3.05, 3.63) is 17.9 Å². The summed E-state index contributed by atoms with van der Waals surface area (Å²) in [6.45, 7) is 7.54. The monoisotopic (exact) mass is 295 g/mol. The SMILES string of the molecule is CSc1ccc(C(=O)N2CCC(C)CCC2C(C)C)o1. The number of hydrogen-bond acceptors (Lipinski definition) is 3. The van der Waals surface area contributed by atoms with Gasteiger partial charge in [-0.05, 0) is 49.5 Å². The highest BCUT2D eigenvalue weighted by atomic mass is 32.2. The van der Waals surface area contributed by atoms with Crippen molar-refractivity contribution in [1.29, 1.82) is 0 Å². The normalized spacial score (nSPS) is 23.9. The van der Waals surface area contributed by atoms with E-state index in [4.69, 9.17) is 4.42 Å². The van der Waals surface area contributed by atoms with Crippen LogP contribution in [-0.2, 0) is 0 Å². The van der Waals surface area contributed by atoms with Gasteiger partial charge in [-0.15, -0.1) is 0 Å². The molecular formula is C16H25NO2S. The maximum atomic E-state index is 12.7. The van der Waals surface area contributed by atoms with Gasteiger partial charge in [0.2, 0.25) is 0 Å². The Hall–Kier alpha value is -0.900. The summed E-state index contributed by atoms with van der Waals surface area (Å²) in [5.74, 6) is 1.72. The van der Waals surface area contributed by atoms with Crippen LogP contribution in [0.2, 0.25) is 0 Å². The number of hydrogen-bond donors (Lipinski definition) is 0. The fourth-order valence-corrected chi connectivity index (χ4v) is 3.29. The van der Waals surface area contributed by atoms with E-state index in [2.05, 4.69) is 20.8 Å². The molecule has 3 nitrogen and oxygen atoms in total. The van der Waals surface area contributed by atoms with Crippen LogP contribution in [0.5, 0.6) is 0 Å². The van der Waals surface area contributed by atoms with Gasteiger partial charge >= 0.3 is 0 Å². The quantitative estimate of drug-likeness (QED) is 0.780. The van der Waals surface area contributed by atoms with Crippen LogP contribution >= 0.6 is 11.8 Å². The standard InChI is InChI=1S/C16H25NO2S/c1-11(2)13-6-5-12(3)9-10-17(13)16(18)14-7-8-15(19-14)20-4/h7-8,11-13H,5-6,9-10H2,1-4H3. The smallest absolute Gasteiger partial charge is 0.289 e. The van der Waals surface area contributed by atoms with Gasteiger partial charge in [-0.1, -0.05) is 32.5 Å². The highest BCUT2D eigenvalue weighted by molar-refractivity contribution is 7.98. The Morgan fingerprint density at radius 2 is 2.10 bits per heavy atom. The lowest BCUT2D eigenvalue weighted by Crippen LogP contribution is -2.42. The molecule has 2 rings (SSSR count). The fourth-order valence-electron chi connectivity index (χ4n) is 2.91. The van der Waals surface area contributed by atoms with E-state index in [0.717, 1.165) is 24.5 Å². The minimum Gasteiger partial charge on any atom is -0.445 e. The number of carbonyl (C=O) groups excluding carboxylic acids is 1. The number of furan rings is 1. The molecule has 0 aliphatic carbocycles. The zero-order chi connectivity index (χ0) is 14.7. The van der Waals surface area contributed by atoms with E-state index in [1.165, 1.54) is 18.2 Å². The fraction of sp³-hybridized carbons (Fsp3) is 0.688. The van der Waals surface area contributed by atoms with Gasteiger partial charge in [-0.25, -0.2) is 0 Å². The number of carbonyl (C=O) groups is 1. The second kappa shape index (κ2) is 6.70. The predicted octanol–water partition coefficient (Wildman–Crippen LogP) is 4.29. The Morgan fingerprint density at radius 1 is 1.35 bits per heavy atom. The Kier molecular flexibility index (Phi) is 5.19. The molecule has 0 aromatic carbocycles. The van der Waals surface area contributed by atoms with Gasteiger partial charge in [-0.3, -0.25) is 4.79 Å². The lowest BCUT2D eigenvalue weighted by molar-refractivity contribution is 0.0593. The van der Waals surface area contributed by atoms with E-state index in [1.807, 2.05) is 17.2 Å². The maximum Gasteiger partial charge on any atom is 0.289 e. The number of likely N-dealkylation sites (tertiary alicyclic amines) is 1. The van der Waals surface area contributed by atoms with Gasteiger partial charge in [0, 0.05) is 12.6 Å². The predicted molar refractivity (Wildman–Crippen MR) is 83.2 cm³/mol. The number of thioether (sulfide) groups is 1. The molecule has 1 aromatic heterocycles. The Balaban J connectivity index is 2.19. The summed E-state index contributed by atoms with van der Waals surface area (Å²) in [4.78, 5) is 14.8. The molecule has 4 heteroatoms. The molecule has 2 unspecified atom stereocenters. The van der Waals surface area contributed by atoms with Crippen LogP contribution in [0.3, 0.4) is 0 Å². The van der Waals surface area contributed by atoms with E-state index >= 15 is 0 Å². The average molecular weight is 295 g/mol. The molecule has 1 aliphatic rings. The molecule has 0 radical (unpaired) electrons. The first-order valence-electron chi connectivity index (χ1n) is 7.47.